The summed E-state index contributed by atoms with van der Waals surface area (Å²) >= 11 is 6.02. The van der Waals surface area contributed by atoms with E-state index in [9.17, 15) is 8.78 Å². The van der Waals surface area contributed by atoms with Crippen LogP contribution in [0.4, 0.5) is 8.78 Å². The van der Waals surface area contributed by atoms with Crippen molar-refractivity contribution in [2.24, 2.45) is 5.73 Å². The van der Waals surface area contributed by atoms with E-state index in [0.717, 1.165) is 23.8 Å². The van der Waals surface area contributed by atoms with Gasteiger partial charge in [-0.2, -0.15) is 0 Å². The summed E-state index contributed by atoms with van der Waals surface area (Å²) < 4.78 is 32.1. The van der Waals surface area contributed by atoms with Gasteiger partial charge in [-0.25, -0.2) is 8.78 Å². The van der Waals surface area contributed by atoms with Gasteiger partial charge >= 0.3 is 0 Å². The fourth-order valence-corrected chi connectivity index (χ4v) is 2.08. The van der Waals surface area contributed by atoms with Crippen LogP contribution in [0.1, 0.15) is 17.2 Å². The first-order chi connectivity index (χ1) is 9.47. The Balaban J connectivity index is 2.08. The van der Waals surface area contributed by atoms with Crippen LogP contribution in [-0.2, 0) is 0 Å². The monoisotopic (exact) mass is 297 g/mol. The lowest BCUT2D eigenvalue weighted by atomic mass is 10.1. The number of hydrogen-bond donors (Lipinski definition) is 1. The van der Waals surface area contributed by atoms with Crippen LogP contribution in [0.3, 0.4) is 0 Å². The predicted molar refractivity (Wildman–Crippen MR) is 75.0 cm³/mol. The van der Waals surface area contributed by atoms with Gasteiger partial charge in [0.1, 0.15) is 24.0 Å². The van der Waals surface area contributed by atoms with Crippen LogP contribution < -0.4 is 10.5 Å². The van der Waals surface area contributed by atoms with Crippen LogP contribution in [0.2, 0.25) is 5.02 Å². The van der Waals surface area contributed by atoms with Crippen molar-refractivity contribution < 1.29 is 13.5 Å². The van der Waals surface area contributed by atoms with E-state index in [-0.39, 0.29) is 12.2 Å². The molecule has 1 unspecified atom stereocenters. The van der Waals surface area contributed by atoms with E-state index in [1.807, 2.05) is 13.0 Å². The number of rotatable bonds is 4. The Morgan fingerprint density at radius 2 is 1.95 bits per heavy atom. The zero-order valence-electron chi connectivity index (χ0n) is 10.9. The Kier molecular flexibility index (Phi) is 4.57. The summed E-state index contributed by atoms with van der Waals surface area (Å²) in [7, 11) is 0. The largest absolute Gasteiger partial charge is 0.490 e. The quantitative estimate of drug-likeness (QED) is 0.925. The number of benzene rings is 2. The maximum atomic E-state index is 13.5. The van der Waals surface area contributed by atoms with Crippen molar-refractivity contribution in [2.75, 3.05) is 6.61 Å². The lowest BCUT2D eigenvalue weighted by Crippen LogP contribution is -2.20. The maximum Gasteiger partial charge on any atom is 0.138 e. The molecule has 0 amide bonds. The third kappa shape index (κ3) is 3.46. The van der Waals surface area contributed by atoms with Crippen molar-refractivity contribution in [2.45, 2.75) is 13.0 Å². The summed E-state index contributed by atoms with van der Waals surface area (Å²) in [5, 5.41) is 0.455. The smallest absolute Gasteiger partial charge is 0.138 e. The molecule has 106 valence electrons. The molecule has 0 aliphatic heterocycles. The van der Waals surface area contributed by atoms with E-state index in [4.69, 9.17) is 22.1 Å². The molecule has 2 aromatic rings. The minimum atomic E-state index is -0.775. The Labute approximate surface area is 121 Å². The first kappa shape index (κ1) is 14.8. The van der Waals surface area contributed by atoms with Crippen molar-refractivity contribution >= 4 is 11.6 Å². The lowest BCUT2D eigenvalue weighted by molar-refractivity contribution is 0.287. The summed E-state index contributed by atoms with van der Waals surface area (Å²) in [6, 6.07) is 7.70. The third-order valence-corrected chi connectivity index (χ3v) is 3.16. The molecule has 5 heteroatoms. The predicted octanol–water partition coefficient (Wildman–Crippen LogP) is 4.01. The molecule has 0 radical (unpaired) electrons. The van der Waals surface area contributed by atoms with E-state index >= 15 is 0 Å². The summed E-state index contributed by atoms with van der Waals surface area (Å²) in [4.78, 5) is 0. The SMILES string of the molecule is Cc1ccc(OCC(N)c2cc(F)ccc2F)c(Cl)c1. The second-order valence-electron chi connectivity index (χ2n) is 4.52. The van der Waals surface area contributed by atoms with Gasteiger partial charge in [0.2, 0.25) is 0 Å². The first-order valence-corrected chi connectivity index (χ1v) is 6.44. The molecule has 2 N–H and O–H groups in total. The average Bonchev–Trinajstić information content (AvgIpc) is 2.40. The Morgan fingerprint density at radius 3 is 2.65 bits per heavy atom. The molecule has 1 atom stereocenters. The zero-order valence-corrected chi connectivity index (χ0v) is 11.6. The van der Waals surface area contributed by atoms with Crippen molar-refractivity contribution in [1.82, 2.24) is 0 Å². The lowest BCUT2D eigenvalue weighted by Gasteiger charge is -2.15. The van der Waals surface area contributed by atoms with Crippen molar-refractivity contribution in [1.29, 1.82) is 0 Å². The molecule has 0 aliphatic rings. The molecule has 0 heterocycles. The van der Waals surface area contributed by atoms with E-state index < -0.39 is 17.7 Å². The van der Waals surface area contributed by atoms with Gasteiger partial charge in [-0.1, -0.05) is 17.7 Å². The normalized spacial score (nSPS) is 12.2. The van der Waals surface area contributed by atoms with Gasteiger partial charge in [-0.15, -0.1) is 0 Å². The molecule has 2 aromatic carbocycles. The van der Waals surface area contributed by atoms with Crippen molar-refractivity contribution in [3.05, 3.63) is 64.2 Å². The van der Waals surface area contributed by atoms with Gasteiger partial charge in [0.05, 0.1) is 11.1 Å². The Morgan fingerprint density at radius 1 is 1.20 bits per heavy atom. The fourth-order valence-electron chi connectivity index (χ4n) is 1.79. The number of aryl methyl sites for hydroxylation is 1. The molecule has 0 bridgehead atoms. The van der Waals surface area contributed by atoms with Gasteiger partial charge in [0, 0.05) is 5.56 Å². The molecule has 0 spiro atoms. The Hall–Kier alpha value is -1.65. The molecule has 0 saturated carbocycles. The molecule has 0 saturated heterocycles. The number of halogens is 3. The second kappa shape index (κ2) is 6.20. The van der Waals surface area contributed by atoms with E-state index in [2.05, 4.69) is 0 Å². The molecule has 2 nitrogen and oxygen atoms in total. The van der Waals surface area contributed by atoms with Gasteiger partial charge in [-0.05, 0) is 42.8 Å². The highest BCUT2D eigenvalue weighted by Gasteiger charge is 2.14. The van der Waals surface area contributed by atoms with Crippen LogP contribution in [0, 0.1) is 18.6 Å². The number of ether oxygens (including phenoxy) is 1. The molecule has 2 rings (SSSR count). The van der Waals surface area contributed by atoms with E-state index in [1.165, 1.54) is 0 Å². The van der Waals surface area contributed by atoms with Crippen LogP contribution in [0.15, 0.2) is 36.4 Å². The minimum Gasteiger partial charge on any atom is -0.490 e. The van der Waals surface area contributed by atoms with Crippen molar-refractivity contribution in [3.8, 4) is 5.75 Å². The molecule has 20 heavy (non-hydrogen) atoms. The fraction of sp³-hybridized carbons (Fsp3) is 0.200. The van der Waals surface area contributed by atoms with Gasteiger partial charge in [0.25, 0.3) is 0 Å². The van der Waals surface area contributed by atoms with Crippen LogP contribution >= 0.6 is 11.6 Å². The number of hydrogen-bond acceptors (Lipinski definition) is 2. The van der Waals surface area contributed by atoms with Crippen LogP contribution in [-0.4, -0.2) is 6.61 Å². The second-order valence-corrected chi connectivity index (χ2v) is 4.92. The van der Waals surface area contributed by atoms with Crippen LogP contribution in [0.5, 0.6) is 5.75 Å². The minimum absolute atomic E-state index is 0.00313. The molecule has 0 aliphatic carbocycles. The topological polar surface area (TPSA) is 35.2 Å². The summed E-state index contributed by atoms with van der Waals surface area (Å²) in [6.07, 6.45) is 0. The maximum absolute atomic E-state index is 13.5. The highest BCUT2D eigenvalue weighted by Crippen LogP contribution is 2.26. The van der Waals surface area contributed by atoms with Crippen LogP contribution in [0.25, 0.3) is 0 Å². The highest BCUT2D eigenvalue weighted by atomic mass is 35.5. The molecule has 0 fully saturated rings. The summed E-state index contributed by atoms with van der Waals surface area (Å²) in [6.45, 7) is 1.91. The third-order valence-electron chi connectivity index (χ3n) is 2.86. The first-order valence-electron chi connectivity index (χ1n) is 6.07. The molecular weight excluding hydrogens is 284 g/mol. The average molecular weight is 298 g/mol. The van der Waals surface area contributed by atoms with Crippen molar-refractivity contribution in [3.63, 3.8) is 0 Å². The summed E-state index contributed by atoms with van der Waals surface area (Å²) in [5.41, 5.74) is 6.90. The standard InChI is InChI=1S/C15H14ClF2NO/c1-9-2-5-15(12(16)6-9)20-8-14(19)11-7-10(17)3-4-13(11)18/h2-7,14H,8,19H2,1H3. The van der Waals surface area contributed by atoms with Gasteiger partial charge in [0.15, 0.2) is 0 Å². The molecular formula is C15H14ClF2NO. The number of nitrogens with two attached hydrogens (primary N) is 1. The zero-order chi connectivity index (χ0) is 14.7. The van der Waals surface area contributed by atoms with E-state index in [1.54, 1.807) is 12.1 Å². The highest BCUT2D eigenvalue weighted by molar-refractivity contribution is 6.32. The summed E-state index contributed by atoms with van der Waals surface area (Å²) in [5.74, 6) is -0.632. The Bertz CT molecular complexity index is 619. The van der Waals surface area contributed by atoms with E-state index in [0.29, 0.717) is 10.8 Å². The molecule has 0 aromatic heterocycles. The van der Waals surface area contributed by atoms with Gasteiger partial charge < -0.3 is 10.5 Å². The van der Waals surface area contributed by atoms with Gasteiger partial charge in [-0.3, -0.25) is 0 Å².